The van der Waals surface area contributed by atoms with E-state index in [1.165, 1.54) is 24.2 Å². The van der Waals surface area contributed by atoms with E-state index in [1.807, 2.05) is 6.07 Å². The van der Waals surface area contributed by atoms with Gasteiger partial charge in [0, 0.05) is 16.1 Å². The largest absolute Gasteiger partial charge is 0.396 e. The van der Waals surface area contributed by atoms with Gasteiger partial charge in [0.25, 0.3) is 0 Å². The van der Waals surface area contributed by atoms with Crippen LogP contribution in [-0.4, -0.2) is 11.2 Å². The van der Waals surface area contributed by atoms with Gasteiger partial charge in [-0.3, -0.25) is 4.98 Å². The van der Waals surface area contributed by atoms with Gasteiger partial charge in [-0.25, -0.2) is 0 Å². The minimum atomic E-state index is -4.35. The van der Waals surface area contributed by atoms with Crippen molar-refractivity contribution in [3.63, 3.8) is 0 Å². The van der Waals surface area contributed by atoms with E-state index in [0.717, 1.165) is 10.5 Å². The van der Waals surface area contributed by atoms with E-state index in [4.69, 9.17) is 11.6 Å². The molecule has 0 saturated carbocycles. The Bertz CT molecular complexity index is 863. The number of fused-ring (bicyclic) bond motifs is 4. The Kier molecular flexibility index (Phi) is 3.58. The molecule has 0 radical (unpaired) electrons. The third-order valence-corrected chi connectivity index (χ3v) is 5.60. The Morgan fingerprint density at radius 1 is 1.25 bits per heavy atom. The average molecular weight is 369 g/mol. The van der Waals surface area contributed by atoms with Crippen LogP contribution in [0.5, 0.6) is 0 Å². The number of halogens is 4. The van der Waals surface area contributed by atoms with E-state index < -0.39 is 18.0 Å². The normalized spacial score (nSPS) is 22.4. The molecule has 0 amide bonds. The fraction of sp³-hybridized carbons (Fsp3) is 0.235. The highest BCUT2D eigenvalue weighted by Crippen LogP contribution is 2.54. The van der Waals surface area contributed by atoms with Crippen molar-refractivity contribution in [1.82, 2.24) is 9.71 Å². The van der Waals surface area contributed by atoms with E-state index in [0.29, 0.717) is 22.0 Å². The van der Waals surface area contributed by atoms with Crippen molar-refractivity contribution in [3.8, 4) is 0 Å². The summed E-state index contributed by atoms with van der Waals surface area (Å²) in [6.07, 6.45) is -2.83. The summed E-state index contributed by atoms with van der Waals surface area (Å²) in [5.74, 6) is -2.32. The van der Waals surface area contributed by atoms with Gasteiger partial charge in [-0.1, -0.05) is 24.6 Å². The first kappa shape index (κ1) is 15.8. The molecule has 7 heteroatoms. The Hall–Kier alpha value is -1.66. The number of hydrogen-bond donors (Lipinski definition) is 1. The summed E-state index contributed by atoms with van der Waals surface area (Å²) < 4.78 is 44.5. The number of aromatic nitrogens is 1. The van der Waals surface area contributed by atoms with E-state index in [9.17, 15) is 13.2 Å². The van der Waals surface area contributed by atoms with Crippen LogP contribution in [0.15, 0.2) is 41.4 Å². The lowest BCUT2D eigenvalue weighted by molar-refractivity contribution is -0.157. The smallest absolute Gasteiger partial charge is 0.323 e. The maximum absolute atomic E-state index is 13.8. The molecule has 1 aliphatic carbocycles. The number of allylic oxidation sites excluding steroid dienone is 1. The Morgan fingerprint density at radius 3 is 2.79 bits per heavy atom. The van der Waals surface area contributed by atoms with Gasteiger partial charge in [0.15, 0.2) is 0 Å². The molecule has 1 N–H and O–H groups in total. The van der Waals surface area contributed by atoms with Crippen LogP contribution >= 0.6 is 23.5 Å². The molecule has 2 aliphatic rings. The van der Waals surface area contributed by atoms with E-state index in [2.05, 4.69) is 9.71 Å². The molecule has 2 aromatic rings. The number of benzene rings is 1. The molecule has 2 heterocycles. The average Bonchev–Trinajstić information content (AvgIpc) is 2.53. The first-order chi connectivity index (χ1) is 11.4. The number of pyridine rings is 1. The molecular formula is C17H12ClF3N2S. The SMILES string of the molecule is CC1C2=C(NSc3ccc(Cl)cc32)c2ncccc2C1C(F)(F)F. The number of nitrogens with zero attached hydrogens (tertiary/aromatic N) is 1. The monoisotopic (exact) mass is 368 g/mol. The number of hydrogen-bond acceptors (Lipinski definition) is 3. The molecule has 1 aliphatic heterocycles. The standard InChI is InChI=1S/C17H12ClF3N2S/c1-8-13-11-7-9(18)4-5-12(11)24-23-16(13)15-10(3-2-6-22-15)14(8)17(19,20)21/h2-8,14,23H,1H3. The van der Waals surface area contributed by atoms with Crippen LogP contribution in [0.25, 0.3) is 11.3 Å². The Morgan fingerprint density at radius 2 is 2.04 bits per heavy atom. The van der Waals surface area contributed by atoms with Crippen LogP contribution < -0.4 is 4.72 Å². The van der Waals surface area contributed by atoms with Crippen molar-refractivity contribution in [1.29, 1.82) is 0 Å². The summed E-state index contributed by atoms with van der Waals surface area (Å²) in [5.41, 5.74) is 2.61. The van der Waals surface area contributed by atoms with Crippen molar-refractivity contribution >= 4 is 34.8 Å². The zero-order valence-corrected chi connectivity index (χ0v) is 14.1. The second-order valence-electron chi connectivity index (χ2n) is 5.88. The lowest BCUT2D eigenvalue weighted by atomic mass is 9.73. The van der Waals surface area contributed by atoms with Gasteiger partial charge in [-0.15, -0.1) is 0 Å². The highest BCUT2D eigenvalue weighted by molar-refractivity contribution is 7.98. The maximum atomic E-state index is 13.8. The lowest BCUT2D eigenvalue weighted by Gasteiger charge is -2.38. The van der Waals surface area contributed by atoms with Gasteiger partial charge in [0.05, 0.1) is 17.3 Å². The van der Waals surface area contributed by atoms with Crippen molar-refractivity contribution in [3.05, 3.63) is 58.4 Å². The lowest BCUT2D eigenvalue weighted by Crippen LogP contribution is -2.34. The zero-order valence-electron chi connectivity index (χ0n) is 12.5. The molecule has 0 spiro atoms. The molecule has 1 aromatic carbocycles. The highest BCUT2D eigenvalue weighted by atomic mass is 35.5. The van der Waals surface area contributed by atoms with Crippen molar-refractivity contribution in [2.24, 2.45) is 5.92 Å². The molecule has 4 rings (SSSR count). The molecule has 124 valence electrons. The predicted octanol–water partition coefficient (Wildman–Crippen LogP) is 5.51. The molecule has 0 fully saturated rings. The van der Waals surface area contributed by atoms with Gasteiger partial charge < -0.3 is 4.72 Å². The minimum absolute atomic E-state index is 0.217. The second kappa shape index (κ2) is 5.43. The zero-order chi connectivity index (χ0) is 17.1. The molecule has 1 aromatic heterocycles. The summed E-state index contributed by atoms with van der Waals surface area (Å²) in [6.45, 7) is 1.62. The van der Waals surface area contributed by atoms with Gasteiger partial charge >= 0.3 is 6.18 Å². The maximum Gasteiger partial charge on any atom is 0.396 e. The van der Waals surface area contributed by atoms with Crippen LogP contribution in [0.4, 0.5) is 13.2 Å². The molecule has 0 bridgehead atoms. The van der Waals surface area contributed by atoms with Crippen LogP contribution in [0.1, 0.15) is 29.7 Å². The summed E-state index contributed by atoms with van der Waals surface area (Å²) in [4.78, 5) is 5.10. The number of alkyl halides is 3. The fourth-order valence-electron chi connectivity index (χ4n) is 3.52. The van der Waals surface area contributed by atoms with Gasteiger partial charge in [-0.2, -0.15) is 13.2 Å². The topological polar surface area (TPSA) is 24.9 Å². The first-order valence-electron chi connectivity index (χ1n) is 7.37. The third kappa shape index (κ3) is 2.31. The van der Waals surface area contributed by atoms with E-state index in [1.54, 1.807) is 25.1 Å². The quantitative estimate of drug-likeness (QED) is 0.621. The Balaban J connectivity index is 2.01. The van der Waals surface area contributed by atoms with E-state index >= 15 is 0 Å². The molecular weight excluding hydrogens is 357 g/mol. The van der Waals surface area contributed by atoms with Gasteiger partial charge in [-0.05, 0) is 58.8 Å². The summed E-state index contributed by atoms with van der Waals surface area (Å²) in [7, 11) is 0. The minimum Gasteiger partial charge on any atom is -0.323 e. The van der Waals surface area contributed by atoms with Crippen LogP contribution in [-0.2, 0) is 0 Å². The van der Waals surface area contributed by atoms with Crippen LogP contribution in [0.3, 0.4) is 0 Å². The van der Waals surface area contributed by atoms with Crippen LogP contribution in [0.2, 0.25) is 5.02 Å². The second-order valence-corrected chi connectivity index (χ2v) is 7.17. The molecule has 24 heavy (non-hydrogen) atoms. The van der Waals surface area contributed by atoms with Crippen molar-refractivity contribution in [2.45, 2.75) is 23.9 Å². The summed E-state index contributed by atoms with van der Waals surface area (Å²) in [5, 5.41) is 0.505. The molecule has 2 unspecified atom stereocenters. The van der Waals surface area contributed by atoms with Gasteiger partial charge in [0.2, 0.25) is 0 Å². The number of rotatable bonds is 0. The number of nitrogens with one attached hydrogen (secondary N) is 1. The fourth-order valence-corrected chi connectivity index (χ4v) is 4.53. The van der Waals surface area contributed by atoms with Crippen molar-refractivity contribution < 1.29 is 13.2 Å². The first-order valence-corrected chi connectivity index (χ1v) is 8.56. The van der Waals surface area contributed by atoms with E-state index in [-0.39, 0.29) is 5.56 Å². The highest BCUT2D eigenvalue weighted by Gasteiger charge is 2.50. The molecule has 0 saturated heterocycles. The predicted molar refractivity (Wildman–Crippen MR) is 89.5 cm³/mol. The summed E-state index contributed by atoms with van der Waals surface area (Å²) >= 11 is 7.46. The molecule has 2 nitrogen and oxygen atoms in total. The third-order valence-electron chi connectivity index (χ3n) is 4.48. The van der Waals surface area contributed by atoms with Crippen molar-refractivity contribution in [2.75, 3.05) is 0 Å². The summed E-state index contributed by atoms with van der Waals surface area (Å²) in [6, 6.07) is 8.36. The van der Waals surface area contributed by atoms with Gasteiger partial charge in [0.1, 0.15) is 0 Å². The molecule has 2 atom stereocenters. The Labute approximate surface area is 146 Å². The van der Waals surface area contributed by atoms with Crippen LogP contribution in [0, 0.1) is 5.92 Å².